The number of benzene rings is 1. The van der Waals surface area contributed by atoms with E-state index in [0.29, 0.717) is 28.2 Å². The molecule has 1 fully saturated rings. The van der Waals surface area contributed by atoms with Gasteiger partial charge in [-0.15, -0.1) is 0 Å². The molecule has 0 aliphatic carbocycles. The van der Waals surface area contributed by atoms with E-state index in [9.17, 15) is 4.39 Å². The molecule has 0 saturated carbocycles. The Hall–Kier alpha value is -1.46. The van der Waals surface area contributed by atoms with Crippen molar-refractivity contribution in [3.05, 3.63) is 46.3 Å². The van der Waals surface area contributed by atoms with E-state index >= 15 is 0 Å². The lowest BCUT2D eigenvalue weighted by atomic mass is 10.0. The Kier molecular flexibility index (Phi) is 3.72. The van der Waals surface area contributed by atoms with Crippen molar-refractivity contribution >= 4 is 11.6 Å². The molecule has 1 aliphatic rings. The van der Waals surface area contributed by atoms with Crippen LogP contribution in [0.15, 0.2) is 22.7 Å². The summed E-state index contributed by atoms with van der Waals surface area (Å²) in [6.07, 6.45) is 1.32. The second-order valence-corrected chi connectivity index (χ2v) is 5.53. The lowest BCUT2D eigenvalue weighted by Gasteiger charge is -2.09. The molecule has 3 rings (SSSR count). The number of rotatable bonds is 3. The van der Waals surface area contributed by atoms with Gasteiger partial charge in [0.1, 0.15) is 5.82 Å². The number of hydrogen-bond acceptors (Lipinski definition) is 4. The molecule has 20 heavy (non-hydrogen) atoms. The lowest BCUT2D eigenvalue weighted by molar-refractivity contribution is 0.317. The molecule has 2 atom stereocenters. The summed E-state index contributed by atoms with van der Waals surface area (Å²) in [6, 6.07) is 4.70. The predicted molar refractivity (Wildman–Crippen MR) is 73.0 cm³/mol. The first-order valence-electron chi connectivity index (χ1n) is 6.64. The van der Waals surface area contributed by atoms with E-state index in [1.54, 1.807) is 12.1 Å². The highest BCUT2D eigenvalue weighted by Crippen LogP contribution is 2.28. The van der Waals surface area contributed by atoms with Crippen LogP contribution in [-0.2, 0) is 6.42 Å². The van der Waals surface area contributed by atoms with Crippen molar-refractivity contribution in [2.24, 2.45) is 5.92 Å². The highest BCUT2D eigenvalue weighted by atomic mass is 35.5. The molecule has 1 aliphatic heterocycles. The molecule has 1 aromatic carbocycles. The van der Waals surface area contributed by atoms with Gasteiger partial charge < -0.3 is 9.84 Å². The van der Waals surface area contributed by atoms with Crippen molar-refractivity contribution in [2.45, 2.75) is 25.8 Å². The first-order chi connectivity index (χ1) is 9.65. The van der Waals surface area contributed by atoms with Crippen molar-refractivity contribution in [3.63, 3.8) is 0 Å². The summed E-state index contributed by atoms with van der Waals surface area (Å²) in [6.45, 7) is 3.09. The molecule has 2 heterocycles. The fraction of sp³-hybridized carbons (Fsp3) is 0.429. The normalized spacial score (nSPS) is 22.4. The molecule has 0 radical (unpaired) electrons. The molecule has 0 spiro atoms. The molecule has 2 unspecified atom stereocenters. The van der Waals surface area contributed by atoms with Crippen LogP contribution >= 0.6 is 11.6 Å². The van der Waals surface area contributed by atoms with Crippen LogP contribution in [0.25, 0.3) is 0 Å². The Labute approximate surface area is 121 Å². The van der Waals surface area contributed by atoms with E-state index in [0.717, 1.165) is 13.0 Å². The third kappa shape index (κ3) is 2.55. The van der Waals surface area contributed by atoms with Gasteiger partial charge in [-0.2, -0.15) is 4.98 Å². The maximum Gasteiger partial charge on any atom is 0.244 e. The van der Waals surface area contributed by atoms with Crippen molar-refractivity contribution in [2.75, 3.05) is 6.54 Å². The maximum absolute atomic E-state index is 13.7. The van der Waals surface area contributed by atoms with Gasteiger partial charge in [0, 0.05) is 17.0 Å². The molecule has 1 saturated heterocycles. The molecule has 4 nitrogen and oxygen atoms in total. The highest BCUT2D eigenvalue weighted by Gasteiger charge is 2.29. The molecule has 0 amide bonds. The molecule has 0 bridgehead atoms. The van der Waals surface area contributed by atoms with Gasteiger partial charge in [-0.3, -0.25) is 0 Å². The summed E-state index contributed by atoms with van der Waals surface area (Å²) in [7, 11) is 0. The summed E-state index contributed by atoms with van der Waals surface area (Å²) in [5.74, 6) is 1.13. The van der Waals surface area contributed by atoms with Gasteiger partial charge in [-0.05, 0) is 31.0 Å². The summed E-state index contributed by atoms with van der Waals surface area (Å²) in [5, 5.41) is 7.63. The number of halogens is 2. The summed E-state index contributed by atoms with van der Waals surface area (Å²) in [5.41, 5.74) is 0.397. The van der Waals surface area contributed by atoms with Gasteiger partial charge in [0.25, 0.3) is 0 Å². The third-order valence-electron chi connectivity index (χ3n) is 3.68. The number of nitrogens with zero attached hydrogens (tertiary/aromatic N) is 2. The smallest absolute Gasteiger partial charge is 0.244 e. The van der Waals surface area contributed by atoms with Crippen LogP contribution < -0.4 is 5.32 Å². The van der Waals surface area contributed by atoms with Crippen LogP contribution in [0.2, 0.25) is 5.02 Å². The summed E-state index contributed by atoms with van der Waals surface area (Å²) >= 11 is 6.00. The maximum atomic E-state index is 13.7. The van der Waals surface area contributed by atoms with Crippen molar-refractivity contribution in [1.82, 2.24) is 15.5 Å². The Balaban J connectivity index is 1.81. The summed E-state index contributed by atoms with van der Waals surface area (Å²) in [4.78, 5) is 4.35. The second-order valence-electron chi connectivity index (χ2n) is 5.12. The predicted octanol–water partition coefficient (Wildman–Crippen LogP) is 3.12. The van der Waals surface area contributed by atoms with Crippen LogP contribution in [0.1, 0.15) is 36.7 Å². The van der Waals surface area contributed by atoms with Crippen LogP contribution in [0.5, 0.6) is 0 Å². The fourth-order valence-electron chi connectivity index (χ4n) is 2.49. The van der Waals surface area contributed by atoms with E-state index in [2.05, 4.69) is 22.4 Å². The molecular formula is C14H15ClFN3O. The standard InChI is InChI=1S/C14H15ClFN3O/c1-8-5-6-17-13(8)14-18-12(19-20-14)7-9-10(15)3-2-4-11(9)16/h2-4,8,13,17H,5-7H2,1H3. The Bertz CT molecular complexity index is 596. The first kappa shape index (κ1) is 13.5. The van der Waals surface area contributed by atoms with Gasteiger partial charge in [0.2, 0.25) is 5.89 Å². The van der Waals surface area contributed by atoms with E-state index in [4.69, 9.17) is 16.1 Å². The third-order valence-corrected chi connectivity index (χ3v) is 4.03. The Morgan fingerprint density at radius 3 is 3.05 bits per heavy atom. The monoisotopic (exact) mass is 295 g/mol. The van der Waals surface area contributed by atoms with Gasteiger partial charge in [0.05, 0.1) is 6.04 Å². The molecule has 1 aromatic heterocycles. The highest BCUT2D eigenvalue weighted by molar-refractivity contribution is 6.31. The van der Waals surface area contributed by atoms with Gasteiger partial charge in [0.15, 0.2) is 5.82 Å². The van der Waals surface area contributed by atoms with E-state index < -0.39 is 0 Å². The number of nitrogens with one attached hydrogen (secondary N) is 1. The minimum Gasteiger partial charge on any atom is -0.338 e. The zero-order valence-corrected chi connectivity index (χ0v) is 11.8. The fourth-order valence-corrected chi connectivity index (χ4v) is 2.72. The molecular weight excluding hydrogens is 281 g/mol. The Morgan fingerprint density at radius 2 is 2.35 bits per heavy atom. The number of hydrogen-bond donors (Lipinski definition) is 1. The second kappa shape index (κ2) is 5.50. The average Bonchev–Trinajstić information content (AvgIpc) is 3.02. The van der Waals surface area contributed by atoms with Crippen LogP contribution in [-0.4, -0.2) is 16.7 Å². The van der Waals surface area contributed by atoms with Crippen molar-refractivity contribution in [3.8, 4) is 0 Å². The molecule has 2 aromatic rings. The van der Waals surface area contributed by atoms with E-state index in [1.165, 1.54) is 6.07 Å². The molecule has 106 valence electrons. The molecule has 6 heteroatoms. The zero-order chi connectivity index (χ0) is 14.1. The van der Waals surface area contributed by atoms with E-state index in [-0.39, 0.29) is 18.3 Å². The van der Waals surface area contributed by atoms with Crippen LogP contribution in [0, 0.1) is 11.7 Å². The van der Waals surface area contributed by atoms with Gasteiger partial charge >= 0.3 is 0 Å². The zero-order valence-electron chi connectivity index (χ0n) is 11.1. The largest absolute Gasteiger partial charge is 0.338 e. The minimum atomic E-state index is -0.351. The summed E-state index contributed by atoms with van der Waals surface area (Å²) < 4.78 is 19.0. The van der Waals surface area contributed by atoms with Crippen molar-refractivity contribution < 1.29 is 8.91 Å². The van der Waals surface area contributed by atoms with E-state index in [1.807, 2.05) is 0 Å². The van der Waals surface area contributed by atoms with Gasteiger partial charge in [-0.1, -0.05) is 29.7 Å². The van der Waals surface area contributed by atoms with Crippen LogP contribution in [0.4, 0.5) is 4.39 Å². The first-order valence-corrected chi connectivity index (χ1v) is 7.01. The average molecular weight is 296 g/mol. The van der Waals surface area contributed by atoms with Crippen molar-refractivity contribution in [1.29, 1.82) is 0 Å². The minimum absolute atomic E-state index is 0.0901. The quantitative estimate of drug-likeness (QED) is 0.945. The lowest BCUT2D eigenvalue weighted by Crippen LogP contribution is -2.16. The number of aromatic nitrogens is 2. The van der Waals surface area contributed by atoms with Crippen LogP contribution in [0.3, 0.4) is 0 Å². The topological polar surface area (TPSA) is 51.0 Å². The molecule has 1 N–H and O–H groups in total. The van der Waals surface area contributed by atoms with Gasteiger partial charge in [-0.25, -0.2) is 4.39 Å². The Morgan fingerprint density at radius 1 is 1.50 bits per heavy atom. The SMILES string of the molecule is CC1CCNC1c1nc(Cc2c(F)cccc2Cl)no1.